The van der Waals surface area contributed by atoms with Crippen LogP contribution in [0.5, 0.6) is 0 Å². The van der Waals surface area contributed by atoms with E-state index >= 15 is 0 Å². The number of nitrogens with one attached hydrogen (secondary N) is 4. The molecular weight excluding hydrogens is 440 g/mol. The van der Waals surface area contributed by atoms with Gasteiger partial charge in [0.15, 0.2) is 5.11 Å². The highest BCUT2D eigenvalue weighted by molar-refractivity contribution is 7.80. The zero-order valence-corrected chi connectivity index (χ0v) is 18.8. The molecule has 0 aliphatic carbocycles. The van der Waals surface area contributed by atoms with Crippen molar-refractivity contribution >= 4 is 46.8 Å². The summed E-state index contributed by atoms with van der Waals surface area (Å²) < 4.78 is 5.33. The molecule has 2 aromatic carbocycles. The lowest BCUT2D eigenvalue weighted by Crippen LogP contribution is -2.48. The van der Waals surface area contributed by atoms with Gasteiger partial charge in [0.05, 0.1) is 0 Å². The number of anilines is 1. The Bertz CT molecular complexity index is 1220. The van der Waals surface area contributed by atoms with Crippen molar-refractivity contribution in [2.45, 2.75) is 13.8 Å². The van der Waals surface area contributed by atoms with Crippen molar-refractivity contribution in [3.8, 4) is 0 Å². The van der Waals surface area contributed by atoms with Gasteiger partial charge in [-0.3, -0.25) is 30.6 Å². The molecule has 0 saturated heterocycles. The summed E-state index contributed by atoms with van der Waals surface area (Å²) in [4.78, 5) is 36.5. The normalized spacial score (nSPS) is 10.5. The summed E-state index contributed by atoms with van der Waals surface area (Å²) in [5, 5.41) is 5.11. The first-order valence-electron chi connectivity index (χ1n) is 9.94. The topological polar surface area (TPSA) is 112 Å². The van der Waals surface area contributed by atoms with Crippen LogP contribution in [0.1, 0.15) is 37.8 Å². The molecule has 33 heavy (non-hydrogen) atoms. The molecule has 9 heteroatoms. The van der Waals surface area contributed by atoms with Crippen LogP contribution < -0.4 is 21.5 Å². The number of aryl methyl sites for hydroxylation is 2. The number of benzene rings is 2. The quantitative estimate of drug-likeness (QED) is 0.262. The van der Waals surface area contributed by atoms with E-state index in [9.17, 15) is 14.4 Å². The van der Waals surface area contributed by atoms with Gasteiger partial charge in [0.2, 0.25) is 5.91 Å². The van der Waals surface area contributed by atoms with Crippen LogP contribution in [0, 0.1) is 13.8 Å². The Morgan fingerprint density at radius 1 is 0.879 bits per heavy atom. The first-order chi connectivity index (χ1) is 15.8. The van der Waals surface area contributed by atoms with Crippen LogP contribution in [-0.4, -0.2) is 22.8 Å². The minimum atomic E-state index is -0.482. The monoisotopic (exact) mass is 462 g/mol. The number of rotatable bonds is 5. The minimum Gasteiger partial charge on any atom is -0.462 e. The van der Waals surface area contributed by atoms with E-state index in [0.29, 0.717) is 22.6 Å². The molecule has 0 radical (unpaired) electrons. The first-order valence-corrected chi connectivity index (χ1v) is 10.3. The second kappa shape index (κ2) is 10.9. The largest absolute Gasteiger partial charge is 0.462 e. The molecule has 3 rings (SSSR count). The first kappa shape index (κ1) is 23.4. The van der Waals surface area contributed by atoms with Crippen LogP contribution in [0.15, 0.2) is 71.2 Å². The Labute approximate surface area is 196 Å². The highest BCUT2D eigenvalue weighted by Gasteiger charge is 2.09. The van der Waals surface area contributed by atoms with E-state index in [-0.39, 0.29) is 11.0 Å². The molecule has 168 valence electrons. The number of amides is 3. The highest BCUT2D eigenvalue weighted by Crippen LogP contribution is 2.12. The smallest absolute Gasteiger partial charge is 0.269 e. The molecule has 0 saturated carbocycles. The fourth-order valence-electron chi connectivity index (χ4n) is 2.77. The Morgan fingerprint density at radius 2 is 1.64 bits per heavy atom. The van der Waals surface area contributed by atoms with Crippen LogP contribution in [-0.2, 0) is 4.79 Å². The van der Waals surface area contributed by atoms with Gasteiger partial charge in [0, 0.05) is 22.9 Å². The van der Waals surface area contributed by atoms with Crippen molar-refractivity contribution in [2.75, 3.05) is 5.32 Å². The molecule has 3 aromatic rings. The van der Waals surface area contributed by atoms with Gasteiger partial charge in [-0.2, -0.15) is 0 Å². The summed E-state index contributed by atoms with van der Waals surface area (Å²) in [5.74, 6) is 0.0779. The molecule has 8 nitrogen and oxygen atoms in total. The maximum Gasteiger partial charge on any atom is 0.269 e. The molecule has 0 spiro atoms. The Kier molecular flexibility index (Phi) is 7.72. The Hall–Kier alpha value is -4.24. The molecule has 4 N–H and O–H groups in total. The third-order valence-electron chi connectivity index (χ3n) is 4.37. The predicted octanol–water partition coefficient (Wildman–Crippen LogP) is 3.50. The van der Waals surface area contributed by atoms with E-state index < -0.39 is 11.8 Å². The zero-order chi connectivity index (χ0) is 23.8. The van der Waals surface area contributed by atoms with Gasteiger partial charge in [-0.25, -0.2) is 0 Å². The summed E-state index contributed by atoms with van der Waals surface area (Å²) >= 11 is 4.99. The van der Waals surface area contributed by atoms with Gasteiger partial charge in [-0.15, -0.1) is 0 Å². The van der Waals surface area contributed by atoms with Gasteiger partial charge < -0.3 is 9.73 Å². The zero-order valence-electron chi connectivity index (χ0n) is 18.0. The van der Waals surface area contributed by atoms with Crippen LogP contribution in [0.2, 0.25) is 0 Å². The van der Waals surface area contributed by atoms with Gasteiger partial charge >= 0.3 is 0 Å². The van der Waals surface area contributed by atoms with Crippen LogP contribution in [0.4, 0.5) is 5.69 Å². The fourth-order valence-corrected chi connectivity index (χ4v) is 2.92. The lowest BCUT2D eigenvalue weighted by Gasteiger charge is -2.10. The fraction of sp³-hybridized carbons (Fsp3) is 0.0833. The average molecular weight is 463 g/mol. The van der Waals surface area contributed by atoms with Crippen molar-refractivity contribution in [1.82, 2.24) is 16.2 Å². The molecule has 0 unspecified atom stereocenters. The number of hydrogen-bond donors (Lipinski definition) is 4. The number of carbonyl (C=O) groups is 3. The Balaban J connectivity index is 1.46. The van der Waals surface area contributed by atoms with Crippen molar-refractivity contribution in [3.05, 3.63) is 95.0 Å². The molecule has 1 aromatic heterocycles. The van der Waals surface area contributed by atoms with Crippen molar-refractivity contribution < 1.29 is 18.8 Å². The van der Waals surface area contributed by atoms with Crippen molar-refractivity contribution in [2.24, 2.45) is 0 Å². The van der Waals surface area contributed by atoms with E-state index in [1.165, 1.54) is 12.2 Å². The summed E-state index contributed by atoms with van der Waals surface area (Å²) in [7, 11) is 0. The summed E-state index contributed by atoms with van der Waals surface area (Å²) in [6.45, 7) is 3.71. The maximum absolute atomic E-state index is 12.3. The average Bonchev–Trinajstić information content (AvgIpc) is 3.21. The van der Waals surface area contributed by atoms with Crippen LogP contribution >= 0.6 is 12.2 Å². The van der Waals surface area contributed by atoms with Crippen LogP contribution in [0.25, 0.3) is 6.08 Å². The summed E-state index contributed by atoms with van der Waals surface area (Å²) in [5.41, 5.74) is 7.27. The second-order valence-electron chi connectivity index (χ2n) is 7.08. The number of hydrogen-bond acceptors (Lipinski definition) is 5. The Morgan fingerprint density at radius 3 is 2.30 bits per heavy atom. The highest BCUT2D eigenvalue weighted by atomic mass is 32.1. The lowest BCUT2D eigenvalue weighted by atomic mass is 10.1. The molecule has 0 fully saturated rings. The standard InChI is InChI=1S/C24H22N4O4S/c1-15-4-3-5-18(14-15)22(30)25-19-9-7-17(8-10-19)23(31)27-28-24(33)26-21(29)13-12-20-11-6-16(2)32-20/h3-14H,1-2H3,(H,25,30)(H,27,31)(H2,26,28,29,33). The lowest BCUT2D eigenvalue weighted by molar-refractivity contribution is -0.115. The minimum absolute atomic E-state index is 0.0735. The number of hydrazine groups is 1. The van der Waals surface area contributed by atoms with Gasteiger partial charge in [0.1, 0.15) is 11.5 Å². The number of carbonyl (C=O) groups excluding carboxylic acids is 3. The van der Waals surface area contributed by atoms with E-state index in [1.54, 1.807) is 55.5 Å². The van der Waals surface area contributed by atoms with Crippen LogP contribution in [0.3, 0.4) is 0 Å². The third kappa shape index (κ3) is 7.15. The SMILES string of the molecule is Cc1cccc(C(=O)Nc2ccc(C(=O)NNC(=S)NC(=O)C=Cc3ccc(C)o3)cc2)c1. The molecule has 3 amide bonds. The van der Waals surface area contributed by atoms with E-state index in [1.807, 2.05) is 19.1 Å². The number of furan rings is 1. The van der Waals surface area contributed by atoms with Gasteiger partial charge in [-0.1, -0.05) is 17.7 Å². The summed E-state index contributed by atoms with van der Waals surface area (Å²) in [6, 6.07) is 17.1. The maximum atomic E-state index is 12.3. The molecule has 0 aliphatic heterocycles. The van der Waals surface area contributed by atoms with E-state index in [4.69, 9.17) is 16.6 Å². The van der Waals surface area contributed by atoms with Gasteiger partial charge in [0.25, 0.3) is 11.8 Å². The third-order valence-corrected chi connectivity index (χ3v) is 4.58. The predicted molar refractivity (Wildman–Crippen MR) is 129 cm³/mol. The second-order valence-corrected chi connectivity index (χ2v) is 7.49. The van der Waals surface area contributed by atoms with Crippen molar-refractivity contribution in [3.63, 3.8) is 0 Å². The van der Waals surface area contributed by atoms with E-state index in [2.05, 4.69) is 21.5 Å². The van der Waals surface area contributed by atoms with Gasteiger partial charge in [-0.05, 0) is 80.7 Å². The van der Waals surface area contributed by atoms with E-state index in [0.717, 1.165) is 11.3 Å². The summed E-state index contributed by atoms with van der Waals surface area (Å²) in [6.07, 6.45) is 2.76. The molecule has 0 atom stereocenters. The molecule has 0 aliphatic rings. The molecule has 0 bridgehead atoms. The number of thiocarbonyl (C=S) groups is 1. The molecular formula is C24H22N4O4S. The molecule has 1 heterocycles. The van der Waals surface area contributed by atoms with Crippen molar-refractivity contribution in [1.29, 1.82) is 0 Å².